The smallest absolute Gasteiger partial charge is 0.271 e. The first-order chi connectivity index (χ1) is 8.41. The summed E-state index contributed by atoms with van der Waals surface area (Å²) in [4.78, 5) is 19.7. The number of hydrogen-bond donors (Lipinski definition) is 2. The second-order valence-electron chi connectivity index (χ2n) is 4.47. The molecular formula is C12H18ClN3O2. The molecule has 0 spiro atoms. The van der Waals surface area contributed by atoms with E-state index < -0.39 is 6.10 Å². The number of carbonyl (C=O) groups excluding carboxylic acids is 1. The van der Waals surface area contributed by atoms with Crippen molar-refractivity contribution in [2.75, 3.05) is 6.54 Å². The van der Waals surface area contributed by atoms with Crippen molar-refractivity contribution in [3.63, 3.8) is 0 Å². The van der Waals surface area contributed by atoms with Gasteiger partial charge in [-0.1, -0.05) is 25.4 Å². The highest BCUT2D eigenvalue weighted by Gasteiger charge is 2.14. The summed E-state index contributed by atoms with van der Waals surface area (Å²) in [6.45, 7) is 5.93. The Labute approximate surface area is 112 Å². The van der Waals surface area contributed by atoms with E-state index in [1.807, 2.05) is 13.8 Å². The fraction of sp³-hybridized carbons (Fsp3) is 0.583. The Hall–Kier alpha value is -1.20. The van der Waals surface area contributed by atoms with Gasteiger partial charge in [0, 0.05) is 6.54 Å². The van der Waals surface area contributed by atoms with Crippen LogP contribution in [0.5, 0.6) is 0 Å². The average Bonchev–Trinajstić information content (AvgIpc) is 2.31. The Morgan fingerprint density at radius 1 is 1.56 bits per heavy atom. The Balaban J connectivity index is 2.53. The largest absolute Gasteiger partial charge is 0.393 e. The number of aromatic nitrogens is 2. The van der Waals surface area contributed by atoms with Gasteiger partial charge in [-0.15, -0.1) is 0 Å². The van der Waals surface area contributed by atoms with E-state index in [1.54, 1.807) is 6.92 Å². The lowest BCUT2D eigenvalue weighted by molar-refractivity contribution is 0.0915. The van der Waals surface area contributed by atoms with Crippen LogP contribution in [0.2, 0.25) is 5.02 Å². The van der Waals surface area contributed by atoms with Crippen molar-refractivity contribution >= 4 is 17.5 Å². The van der Waals surface area contributed by atoms with Gasteiger partial charge in [0.15, 0.2) is 0 Å². The van der Waals surface area contributed by atoms with Gasteiger partial charge >= 0.3 is 0 Å². The van der Waals surface area contributed by atoms with E-state index in [0.29, 0.717) is 18.8 Å². The Kier molecular flexibility index (Phi) is 5.50. The monoisotopic (exact) mass is 271 g/mol. The molecule has 6 heteroatoms. The van der Waals surface area contributed by atoms with Crippen LogP contribution in [-0.4, -0.2) is 33.6 Å². The molecular weight excluding hydrogens is 254 g/mol. The minimum absolute atomic E-state index is 0.170. The third-order valence-electron chi connectivity index (χ3n) is 2.57. The summed E-state index contributed by atoms with van der Waals surface area (Å²) in [6, 6.07) is 0. The number of aryl methyl sites for hydroxylation is 1. The molecule has 1 heterocycles. The van der Waals surface area contributed by atoms with E-state index in [-0.39, 0.29) is 22.5 Å². The third-order valence-corrected chi connectivity index (χ3v) is 2.85. The first-order valence-corrected chi connectivity index (χ1v) is 6.25. The van der Waals surface area contributed by atoms with Gasteiger partial charge in [-0.05, 0) is 19.3 Å². The normalized spacial score (nSPS) is 12.6. The third kappa shape index (κ3) is 4.23. The minimum Gasteiger partial charge on any atom is -0.393 e. The molecule has 1 aromatic rings. The van der Waals surface area contributed by atoms with Crippen LogP contribution in [0.1, 0.15) is 36.6 Å². The number of carbonyl (C=O) groups is 1. The van der Waals surface area contributed by atoms with Gasteiger partial charge in [0.2, 0.25) is 0 Å². The second-order valence-corrected chi connectivity index (χ2v) is 4.88. The van der Waals surface area contributed by atoms with E-state index in [1.165, 1.54) is 6.20 Å². The summed E-state index contributed by atoms with van der Waals surface area (Å²) in [7, 11) is 0. The maximum atomic E-state index is 11.8. The van der Waals surface area contributed by atoms with Crippen LogP contribution in [0.25, 0.3) is 0 Å². The molecule has 5 nitrogen and oxygen atoms in total. The summed E-state index contributed by atoms with van der Waals surface area (Å²) in [5.74, 6) is 0.319. The molecule has 0 aliphatic rings. The summed E-state index contributed by atoms with van der Waals surface area (Å²) < 4.78 is 0. The van der Waals surface area contributed by atoms with Gasteiger partial charge in [-0.25, -0.2) is 9.97 Å². The number of hydrogen-bond acceptors (Lipinski definition) is 4. The Morgan fingerprint density at radius 3 is 2.83 bits per heavy atom. The molecule has 0 saturated carbocycles. The zero-order valence-electron chi connectivity index (χ0n) is 10.8. The van der Waals surface area contributed by atoms with Gasteiger partial charge in [-0.2, -0.15) is 0 Å². The van der Waals surface area contributed by atoms with E-state index in [2.05, 4.69) is 15.3 Å². The number of aliphatic hydroxyl groups is 1. The van der Waals surface area contributed by atoms with Gasteiger partial charge in [0.05, 0.1) is 17.3 Å². The molecule has 0 aliphatic carbocycles. The average molecular weight is 272 g/mol. The first kappa shape index (κ1) is 14.9. The number of halogens is 1. The Morgan fingerprint density at radius 2 is 2.22 bits per heavy atom. The molecule has 18 heavy (non-hydrogen) atoms. The molecule has 1 atom stereocenters. The van der Waals surface area contributed by atoms with Crippen LogP contribution in [0.15, 0.2) is 6.20 Å². The molecule has 1 rings (SSSR count). The standard InChI is InChI=1S/C12H18ClN3O2/c1-7(2)10(17)4-5-14-12(18)11-9(13)6-15-8(3)16-11/h6-7,10,17H,4-5H2,1-3H3,(H,14,18). The van der Waals surface area contributed by atoms with E-state index in [9.17, 15) is 9.90 Å². The number of aliphatic hydroxyl groups excluding tert-OH is 1. The molecule has 0 bridgehead atoms. The predicted molar refractivity (Wildman–Crippen MR) is 69.6 cm³/mol. The molecule has 0 saturated heterocycles. The van der Waals surface area contributed by atoms with Crippen LogP contribution >= 0.6 is 11.6 Å². The van der Waals surface area contributed by atoms with Gasteiger partial charge in [0.1, 0.15) is 11.5 Å². The number of rotatable bonds is 5. The second kappa shape index (κ2) is 6.66. The van der Waals surface area contributed by atoms with E-state index >= 15 is 0 Å². The van der Waals surface area contributed by atoms with Crippen molar-refractivity contribution in [2.24, 2.45) is 5.92 Å². The van der Waals surface area contributed by atoms with Crippen LogP contribution in [-0.2, 0) is 0 Å². The molecule has 1 unspecified atom stereocenters. The highest BCUT2D eigenvalue weighted by molar-refractivity contribution is 6.33. The van der Waals surface area contributed by atoms with Crippen molar-refractivity contribution in [3.8, 4) is 0 Å². The van der Waals surface area contributed by atoms with E-state index in [0.717, 1.165) is 0 Å². The zero-order chi connectivity index (χ0) is 13.7. The maximum Gasteiger partial charge on any atom is 0.271 e. The lowest BCUT2D eigenvalue weighted by Gasteiger charge is -2.14. The van der Waals surface area contributed by atoms with Crippen LogP contribution in [0.3, 0.4) is 0 Å². The number of nitrogens with one attached hydrogen (secondary N) is 1. The maximum absolute atomic E-state index is 11.8. The Bertz CT molecular complexity index is 424. The quantitative estimate of drug-likeness (QED) is 0.853. The van der Waals surface area contributed by atoms with Crippen molar-refractivity contribution in [2.45, 2.75) is 33.3 Å². The summed E-state index contributed by atoms with van der Waals surface area (Å²) >= 11 is 5.85. The fourth-order valence-corrected chi connectivity index (χ4v) is 1.54. The topological polar surface area (TPSA) is 75.1 Å². The van der Waals surface area contributed by atoms with Crippen molar-refractivity contribution < 1.29 is 9.90 Å². The molecule has 0 radical (unpaired) electrons. The van der Waals surface area contributed by atoms with Crippen LogP contribution < -0.4 is 5.32 Å². The van der Waals surface area contributed by atoms with Gasteiger partial charge in [-0.3, -0.25) is 4.79 Å². The predicted octanol–water partition coefficient (Wildman–Crippen LogP) is 1.58. The lowest BCUT2D eigenvalue weighted by atomic mass is 10.0. The lowest BCUT2D eigenvalue weighted by Crippen LogP contribution is -2.29. The molecule has 0 aliphatic heterocycles. The van der Waals surface area contributed by atoms with Crippen molar-refractivity contribution in [3.05, 3.63) is 22.7 Å². The summed E-state index contributed by atoms with van der Waals surface area (Å²) in [5, 5.41) is 12.5. The molecule has 2 N–H and O–H groups in total. The van der Waals surface area contributed by atoms with Crippen LogP contribution in [0, 0.1) is 12.8 Å². The SMILES string of the molecule is Cc1ncc(Cl)c(C(=O)NCCC(O)C(C)C)n1. The first-order valence-electron chi connectivity index (χ1n) is 5.87. The molecule has 100 valence electrons. The molecule has 1 aromatic heterocycles. The van der Waals surface area contributed by atoms with Crippen molar-refractivity contribution in [1.29, 1.82) is 0 Å². The summed E-state index contributed by atoms with van der Waals surface area (Å²) in [6.07, 6.45) is 1.49. The molecule has 0 fully saturated rings. The minimum atomic E-state index is -0.423. The fourth-order valence-electron chi connectivity index (χ4n) is 1.37. The van der Waals surface area contributed by atoms with Crippen molar-refractivity contribution in [1.82, 2.24) is 15.3 Å². The summed E-state index contributed by atoms with van der Waals surface area (Å²) in [5.41, 5.74) is 0.170. The van der Waals surface area contributed by atoms with Gasteiger partial charge < -0.3 is 10.4 Å². The zero-order valence-corrected chi connectivity index (χ0v) is 11.5. The number of nitrogens with zero attached hydrogens (tertiary/aromatic N) is 2. The van der Waals surface area contributed by atoms with Gasteiger partial charge in [0.25, 0.3) is 5.91 Å². The van der Waals surface area contributed by atoms with E-state index in [4.69, 9.17) is 11.6 Å². The number of amides is 1. The highest BCUT2D eigenvalue weighted by atomic mass is 35.5. The molecule has 0 aromatic carbocycles. The van der Waals surface area contributed by atoms with Crippen LogP contribution in [0.4, 0.5) is 0 Å². The highest BCUT2D eigenvalue weighted by Crippen LogP contribution is 2.12. The molecule has 1 amide bonds.